The van der Waals surface area contributed by atoms with E-state index in [0.717, 1.165) is 0 Å². The molecule has 0 radical (unpaired) electrons. The monoisotopic (exact) mass is 724 g/mol. The summed E-state index contributed by atoms with van der Waals surface area (Å²) in [5, 5.41) is 0. The molecule has 0 nitrogen and oxygen atoms in total. The summed E-state index contributed by atoms with van der Waals surface area (Å²) in [5.41, 5.74) is 0. The average Bonchev–Trinajstić information content (AvgIpc) is 2.27. The van der Waals surface area contributed by atoms with Gasteiger partial charge in [-0.25, -0.2) is 0 Å². The molecule has 0 rings (SSSR count). The molecule has 0 aliphatic rings. The number of hydrogen-bond donors (Lipinski definition) is 0. The van der Waals surface area contributed by atoms with Crippen LogP contribution in [0.2, 0.25) is 0 Å². The first-order chi connectivity index (χ1) is 7.66. The normalized spacial score (nSPS) is 5.38. The van der Waals surface area contributed by atoms with Crippen LogP contribution in [0.15, 0.2) is 0 Å². The van der Waals surface area contributed by atoms with E-state index < -0.39 is 0 Å². The van der Waals surface area contributed by atoms with E-state index in [1.54, 1.807) is 0 Å². The van der Waals surface area contributed by atoms with Crippen molar-refractivity contribution in [3.8, 4) is 0 Å². The van der Waals surface area contributed by atoms with Gasteiger partial charge in [0.15, 0.2) is 0 Å². The summed E-state index contributed by atoms with van der Waals surface area (Å²) >= 11 is 9.94. The Labute approximate surface area is 143 Å². The van der Waals surface area contributed by atoms with Crippen LogP contribution in [0.5, 0.6) is 0 Å². The first kappa shape index (κ1) is 36.2. The molecule has 0 saturated heterocycles. The maximum absolute atomic E-state index is 2.88. The Morgan fingerprint density at radius 1 is 0.438 bits per heavy atom. The molecule has 0 atom stereocenters. The van der Waals surface area contributed by atoms with Gasteiger partial charge in [-0.3, -0.25) is 0 Å². The van der Waals surface area contributed by atoms with Crippen LogP contribution in [0.4, 0.5) is 0 Å². The summed E-state index contributed by atoms with van der Waals surface area (Å²) in [4.78, 5) is 0. The summed E-state index contributed by atoms with van der Waals surface area (Å²) < 4.78 is 0. The second-order valence-corrected chi connectivity index (χ2v) is 2.31. The van der Waals surface area contributed by atoms with Crippen LogP contribution < -0.4 is 0 Å². The molecule has 0 unspecified atom stereocenters. The summed E-state index contributed by atoms with van der Waals surface area (Å²) in [6, 6.07) is 0. The Morgan fingerprint density at radius 3 is 0.438 bits per heavy atom. The van der Waals surface area contributed by atoms with E-state index in [1.807, 2.05) is 81.1 Å². The molecule has 16 heavy (non-hydrogen) atoms. The van der Waals surface area contributed by atoms with E-state index in [2.05, 4.69) is 63.9 Å². The third-order valence-electron chi connectivity index (χ3n) is 0. The third kappa shape index (κ3) is 658. The van der Waals surface area contributed by atoms with Crippen molar-refractivity contribution < 1.29 is 37.9 Å². The Balaban J connectivity index is -0.0000000190. The number of halogens is 2. The van der Waals surface area contributed by atoms with Crippen molar-refractivity contribution in [2.24, 2.45) is 0 Å². The Bertz CT molecular complexity index is 25.0. The van der Waals surface area contributed by atoms with E-state index >= 15 is 0 Å². The molecule has 0 heterocycles. The molecule has 0 aromatic heterocycles. The van der Waals surface area contributed by atoms with E-state index in [-0.39, 0.29) is 0 Å². The second kappa shape index (κ2) is 114. The van der Waals surface area contributed by atoms with Crippen LogP contribution in [0.1, 0.15) is 55.4 Å². The van der Waals surface area contributed by atoms with Gasteiger partial charge in [0.05, 0.1) is 0 Å². The molecule has 0 bridgehead atoms. The molecule has 0 amide bonds. The first-order valence-corrected chi connectivity index (χ1v) is 14.3. The van der Waals surface area contributed by atoms with Crippen molar-refractivity contribution in [1.82, 2.24) is 0 Å². The second-order valence-electron chi connectivity index (χ2n) is 2.31. The summed E-state index contributed by atoms with van der Waals surface area (Å²) in [6.45, 7) is 16.0. The molecule has 0 fully saturated rings. The number of rotatable bonds is 0. The topological polar surface area (TPSA) is 0 Å². The molecule has 0 aromatic rings. The molecule has 0 N–H and O–H groups in total. The van der Waals surface area contributed by atoms with Crippen molar-refractivity contribution in [2.45, 2.75) is 55.4 Å². The van der Waals surface area contributed by atoms with Gasteiger partial charge in [-0.2, -0.15) is 55.4 Å². The fourth-order valence-corrected chi connectivity index (χ4v) is 0. The van der Waals surface area contributed by atoms with Crippen LogP contribution in [-0.2, 0) is 37.9 Å². The molecular formula is C12H28Au2Br2-4. The van der Waals surface area contributed by atoms with Crippen molar-refractivity contribution in [3.63, 3.8) is 0 Å². The van der Waals surface area contributed by atoms with E-state index in [1.165, 1.54) is 0 Å². The van der Waals surface area contributed by atoms with E-state index in [4.69, 9.17) is 0 Å². The molecule has 0 aromatic carbocycles. The van der Waals surface area contributed by atoms with Crippen molar-refractivity contribution in [1.29, 1.82) is 0 Å². The van der Waals surface area contributed by atoms with Gasteiger partial charge < -0.3 is 25.7 Å². The van der Waals surface area contributed by atoms with Gasteiger partial charge in [-0.1, -0.05) is 0 Å². The quantitative estimate of drug-likeness (QED) is 0.195. The predicted octanol–water partition coefficient (Wildman–Crippen LogP) is 6.61. The van der Waals surface area contributed by atoms with E-state index in [0.29, 0.717) is 0 Å². The molecule has 0 aliphatic carbocycles. The van der Waals surface area contributed by atoms with Gasteiger partial charge >= 0.3 is 63.9 Å². The third-order valence-corrected chi connectivity index (χ3v) is 0. The zero-order valence-electron chi connectivity index (χ0n) is 11.7. The van der Waals surface area contributed by atoms with Crippen molar-refractivity contribution in [2.75, 3.05) is 0 Å². The zero-order chi connectivity index (χ0) is 14.8. The van der Waals surface area contributed by atoms with Crippen LogP contribution in [0, 0.1) is 25.7 Å². The molecular weight excluding hydrogens is 698 g/mol. The fourth-order valence-electron chi connectivity index (χ4n) is 0. The van der Waals surface area contributed by atoms with Crippen LogP contribution in [0.3, 0.4) is 0 Å². The summed E-state index contributed by atoms with van der Waals surface area (Å²) in [7, 11) is 0. The molecule has 0 saturated carbocycles. The Hall–Kier alpha value is 2.44. The van der Waals surface area contributed by atoms with Gasteiger partial charge in [0.2, 0.25) is 0 Å². The Morgan fingerprint density at radius 2 is 0.438 bits per heavy atom. The summed E-state index contributed by atoms with van der Waals surface area (Å²) in [6.07, 6.45) is 8.00. The van der Waals surface area contributed by atoms with Gasteiger partial charge in [-0.05, 0) is 0 Å². The van der Waals surface area contributed by atoms with Gasteiger partial charge in [0.1, 0.15) is 0 Å². The average molecular weight is 726 g/mol. The van der Waals surface area contributed by atoms with Crippen LogP contribution in [-0.4, -0.2) is 0 Å². The molecule has 0 aliphatic heterocycles. The SMILES string of the molecule is C[CH-]C.C[CH-]C.C[CH-]C.C[CH-]C.[Br][Au].[Br][Au]. The number of hydrogen-bond acceptors (Lipinski definition) is 0. The molecule has 116 valence electrons. The first-order valence-electron chi connectivity index (χ1n) is 4.85. The standard InChI is InChI=1S/4C3H7.2Au.2BrH/c4*1-3-2;;;;/h4*3H,1-2H3;;;2*1H/q4*-1;2*+1;;/p-2. The minimum absolute atomic E-state index is 2.00. The van der Waals surface area contributed by atoms with Crippen LogP contribution in [0.25, 0.3) is 0 Å². The van der Waals surface area contributed by atoms with Crippen molar-refractivity contribution >= 4 is 26.0 Å². The Kier molecular flexibility index (Phi) is 257. The van der Waals surface area contributed by atoms with Gasteiger partial charge in [-0.15, -0.1) is 0 Å². The fraction of sp³-hybridized carbons (Fsp3) is 0.667. The predicted molar refractivity (Wildman–Crippen MR) is 80.4 cm³/mol. The molecule has 4 heteroatoms. The van der Waals surface area contributed by atoms with Gasteiger partial charge in [0.25, 0.3) is 0 Å². The van der Waals surface area contributed by atoms with Gasteiger partial charge in [0, 0.05) is 0 Å². The summed E-state index contributed by atoms with van der Waals surface area (Å²) in [5.74, 6) is 0. The zero-order valence-corrected chi connectivity index (χ0v) is 19.2. The van der Waals surface area contributed by atoms with E-state index in [9.17, 15) is 0 Å². The maximum atomic E-state index is 2.88. The van der Waals surface area contributed by atoms with Crippen LogP contribution >= 0.6 is 26.0 Å². The minimum atomic E-state index is 2.00. The molecule has 0 spiro atoms. The van der Waals surface area contributed by atoms with Crippen molar-refractivity contribution in [3.05, 3.63) is 25.7 Å².